The van der Waals surface area contributed by atoms with Crippen molar-refractivity contribution in [3.8, 4) is 0 Å². The lowest BCUT2D eigenvalue weighted by molar-refractivity contribution is 0.0929. The summed E-state index contributed by atoms with van der Waals surface area (Å²) in [6.45, 7) is 2.79. The summed E-state index contributed by atoms with van der Waals surface area (Å²) in [5.41, 5.74) is 0.415. The second-order valence-corrected chi connectivity index (χ2v) is 5.92. The first-order valence-corrected chi connectivity index (χ1v) is 7.48. The second kappa shape index (κ2) is 5.35. The van der Waals surface area contributed by atoms with Gasteiger partial charge >= 0.3 is 0 Å². The lowest BCUT2D eigenvalue weighted by Gasteiger charge is -2.14. The quantitative estimate of drug-likeness (QED) is 0.941. The number of hydrogen-bond donors (Lipinski definition) is 1. The van der Waals surface area contributed by atoms with Crippen molar-refractivity contribution in [2.75, 3.05) is 0 Å². The minimum absolute atomic E-state index is 0.232. The summed E-state index contributed by atoms with van der Waals surface area (Å²) in [5.74, 6) is 1.52. The molecule has 0 unspecified atom stereocenters. The van der Waals surface area contributed by atoms with Gasteiger partial charge in [0.2, 0.25) is 0 Å². The number of amides is 1. The Labute approximate surface area is 132 Å². The smallest absolute Gasteiger partial charge is 0.268 e. The van der Waals surface area contributed by atoms with E-state index in [1.54, 1.807) is 17.7 Å². The Morgan fingerprint density at radius 1 is 1.43 bits per heavy atom. The zero-order valence-electron chi connectivity index (χ0n) is 11.7. The van der Waals surface area contributed by atoms with Crippen molar-refractivity contribution in [3.63, 3.8) is 0 Å². The summed E-state index contributed by atoms with van der Waals surface area (Å²) in [7, 11) is 1.70. The molecule has 0 bridgehead atoms. The van der Waals surface area contributed by atoms with Gasteiger partial charge in [0, 0.05) is 20.0 Å². The van der Waals surface area contributed by atoms with E-state index in [4.69, 9.17) is 23.2 Å². The summed E-state index contributed by atoms with van der Waals surface area (Å²) in [6, 6.07) is 1.32. The van der Waals surface area contributed by atoms with E-state index in [0.29, 0.717) is 15.9 Å². The van der Waals surface area contributed by atoms with Crippen LogP contribution in [-0.2, 0) is 20.0 Å². The number of aryl methyl sites for hydroxylation is 1. The average molecular weight is 328 g/mol. The Hall–Kier alpha value is -1.53. The Morgan fingerprint density at radius 3 is 2.86 bits per heavy atom. The number of hydrogen-bond acceptors (Lipinski definition) is 3. The third-order valence-electron chi connectivity index (χ3n) is 3.72. The highest BCUT2D eigenvalue weighted by molar-refractivity contribution is 6.41. The molecule has 2 aromatic heterocycles. The van der Waals surface area contributed by atoms with Gasteiger partial charge in [0.25, 0.3) is 5.91 Å². The summed E-state index contributed by atoms with van der Waals surface area (Å²) >= 11 is 11.9. The van der Waals surface area contributed by atoms with Gasteiger partial charge in [-0.25, -0.2) is 0 Å². The van der Waals surface area contributed by atoms with Crippen LogP contribution in [0.3, 0.4) is 0 Å². The molecule has 0 saturated heterocycles. The van der Waals surface area contributed by atoms with Gasteiger partial charge in [0.05, 0.1) is 11.1 Å². The molecule has 3 heterocycles. The van der Waals surface area contributed by atoms with E-state index in [0.717, 1.165) is 31.0 Å². The highest BCUT2D eigenvalue weighted by Gasteiger charge is 2.24. The minimum Gasteiger partial charge on any atom is -0.341 e. The Morgan fingerprint density at radius 2 is 2.19 bits per heavy atom. The molecule has 0 fully saturated rings. The maximum atomic E-state index is 12.3. The van der Waals surface area contributed by atoms with Crippen LogP contribution in [-0.4, -0.2) is 25.2 Å². The van der Waals surface area contributed by atoms with Gasteiger partial charge < -0.3 is 14.5 Å². The zero-order chi connectivity index (χ0) is 15.1. The number of nitrogens with one attached hydrogen (secondary N) is 1. The van der Waals surface area contributed by atoms with Gasteiger partial charge in [-0.2, -0.15) is 0 Å². The fourth-order valence-electron chi connectivity index (χ4n) is 2.59. The van der Waals surface area contributed by atoms with E-state index in [-0.39, 0.29) is 11.9 Å². The topological polar surface area (TPSA) is 64.7 Å². The van der Waals surface area contributed by atoms with Crippen molar-refractivity contribution in [2.24, 2.45) is 7.05 Å². The predicted octanol–water partition coefficient (Wildman–Crippen LogP) is 2.36. The van der Waals surface area contributed by atoms with Gasteiger partial charge in [-0.05, 0) is 19.4 Å². The number of carbonyl (C=O) groups is 1. The van der Waals surface area contributed by atoms with Gasteiger partial charge in [-0.3, -0.25) is 4.79 Å². The largest absolute Gasteiger partial charge is 0.341 e. The summed E-state index contributed by atoms with van der Waals surface area (Å²) < 4.78 is 3.62. The van der Waals surface area contributed by atoms with Crippen molar-refractivity contribution in [1.29, 1.82) is 0 Å². The first kappa shape index (κ1) is 14.4. The second-order valence-electron chi connectivity index (χ2n) is 5.15. The van der Waals surface area contributed by atoms with Gasteiger partial charge in [0.1, 0.15) is 16.7 Å². The first-order valence-electron chi connectivity index (χ1n) is 6.72. The molecule has 0 aromatic carbocycles. The average Bonchev–Trinajstić information content (AvgIpc) is 3.09. The van der Waals surface area contributed by atoms with Crippen LogP contribution in [0.25, 0.3) is 0 Å². The van der Waals surface area contributed by atoms with E-state index in [1.807, 2.05) is 6.92 Å². The maximum absolute atomic E-state index is 12.3. The van der Waals surface area contributed by atoms with Crippen LogP contribution in [0.15, 0.2) is 6.07 Å². The van der Waals surface area contributed by atoms with Crippen LogP contribution in [0.4, 0.5) is 0 Å². The molecule has 0 spiro atoms. The predicted molar refractivity (Wildman–Crippen MR) is 79.7 cm³/mol. The molecule has 0 aliphatic carbocycles. The van der Waals surface area contributed by atoms with E-state index >= 15 is 0 Å². The molecule has 3 rings (SSSR count). The monoisotopic (exact) mass is 327 g/mol. The van der Waals surface area contributed by atoms with Crippen LogP contribution in [0.5, 0.6) is 0 Å². The molecule has 21 heavy (non-hydrogen) atoms. The number of carbonyl (C=O) groups excluding carboxylic acids is 1. The molecule has 112 valence electrons. The molecule has 2 aromatic rings. The highest BCUT2D eigenvalue weighted by Crippen LogP contribution is 2.25. The number of fused-ring (bicyclic) bond motifs is 1. The van der Waals surface area contributed by atoms with Crippen molar-refractivity contribution in [2.45, 2.75) is 32.4 Å². The zero-order valence-corrected chi connectivity index (χ0v) is 13.2. The van der Waals surface area contributed by atoms with Crippen molar-refractivity contribution < 1.29 is 4.79 Å². The number of aromatic nitrogens is 4. The standard InChI is InChI=1S/C13H15Cl2N5O/c1-7(12-18-17-10-4-3-5-20(10)12)16-13(21)9-6-8(14)11(15)19(9)2/h6-7H,3-5H2,1-2H3,(H,16,21)/t7-/m1/s1. The first-order chi connectivity index (χ1) is 9.99. The van der Waals surface area contributed by atoms with Gasteiger partial charge in [-0.1, -0.05) is 23.2 Å². The Kier molecular flexibility index (Phi) is 3.67. The molecule has 1 amide bonds. The molecule has 1 atom stereocenters. The summed E-state index contributed by atoms with van der Waals surface area (Å²) in [4.78, 5) is 12.3. The maximum Gasteiger partial charge on any atom is 0.268 e. The molecule has 1 aliphatic heterocycles. The highest BCUT2D eigenvalue weighted by atomic mass is 35.5. The third-order valence-corrected chi connectivity index (χ3v) is 4.56. The molecular formula is C13H15Cl2N5O. The Balaban J connectivity index is 1.79. The van der Waals surface area contributed by atoms with E-state index in [1.165, 1.54) is 0 Å². The van der Waals surface area contributed by atoms with Crippen LogP contribution in [0.2, 0.25) is 10.2 Å². The number of halogens is 2. The lowest BCUT2D eigenvalue weighted by atomic mass is 10.3. The van der Waals surface area contributed by atoms with Crippen LogP contribution < -0.4 is 5.32 Å². The van der Waals surface area contributed by atoms with Crippen molar-refractivity contribution >= 4 is 29.1 Å². The molecule has 0 saturated carbocycles. The molecule has 8 heteroatoms. The van der Waals surface area contributed by atoms with Crippen molar-refractivity contribution in [1.82, 2.24) is 24.6 Å². The lowest BCUT2D eigenvalue weighted by Crippen LogP contribution is -2.30. The molecule has 0 radical (unpaired) electrons. The van der Waals surface area contributed by atoms with E-state index in [9.17, 15) is 4.79 Å². The number of rotatable bonds is 3. The van der Waals surface area contributed by atoms with Crippen molar-refractivity contribution in [3.05, 3.63) is 33.6 Å². The van der Waals surface area contributed by atoms with Crippen LogP contribution >= 0.6 is 23.2 Å². The SMILES string of the molecule is C[C@@H](NC(=O)c1cc(Cl)c(Cl)n1C)c1nnc2n1CCC2. The molecule has 6 nitrogen and oxygen atoms in total. The normalized spacial score (nSPS) is 15.0. The number of nitrogens with zero attached hydrogens (tertiary/aromatic N) is 4. The fraction of sp³-hybridized carbons (Fsp3) is 0.462. The summed E-state index contributed by atoms with van der Waals surface area (Å²) in [6.07, 6.45) is 2.01. The van der Waals surface area contributed by atoms with E-state index < -0.39 is 0 Å². The minimum atomic E-state index is -0.242. The molecule has 1 N–H and O–H groups in total. The molecular weight excluding hydrogens is 313 g/mol. The van der Waals surface area contributed by atoms with Crippen LogP contribution in [0, 0.1) is 0 Å². The van der Waals surface area contributed by atoms with E-state index in [2.05, 4.69) is 20.1 Å². The summed E-state index contributed by atoms with van der Waals surface area (Å²) in [5, 5.41) is 11.9. The Bertz CT molecular complexity index is 706. The van der Waals surface area contributed by atoms with Gasteiger partial charge in [0.15, 0.2) is 5.82 Å². The third kappa shape index (κ3) is 2.42. The molecule has 1 aliphatic rings. The van der Waals surface area contributed by atoms with Crippen LogP contribution in [0.1, 0.15) is 41.5 Å². The van der Waals surface area contributed by atoms with Gasteiger partial charge in [-0.15, -0.1) is 10.2 Å². The fourth-order valence-corrected chi connectivity index (χ4v) is 2.96.